The molecular formula is C66H119NO10. The molecule has 1 rings (SSSR count). The first-order valence-electron chi connectivity index (χ1n) is 32.1. The molecule has 1 amide bonds. The highest BCUT2D eigenvalue weighted by Gasteiger charge is 2.44. The summed E-state index contributed by atoms with van der Waals surface area (Å²) in [6.45, 7) is 4.23. The summed E-state index contributed by atoms with van der Waals surface area (Å²) in [5.74, 6) is -0.208. The monoisotopic (exact) mass is 1090 g/mol. The molecule has 11 nitrogen and oxygen atoms in total. The number of carbonyl (C=O) groups excluding carboxylic acids is 2. The van der Waals surface area contributed by atoms with Gasteiger partial charge in [-0.1, -0.05) is 235 Å². The van der Waals surface area contributed by atoms with Crippen molar-refractivity contribution in [2.75, 3.05) is 19.8 Å². The molecular weight excluding hydrogens is 967 g/mol. The SMILES string of the molecule is CCCC/C=C\C/C=C\CCCCCCCC(=O)OCCCCCCCCCCCCCC/C=C\CCCCCCCCCCCCC(=O)NC(COC1OC(CO)C(O)C(O)C1O)C(O)/C=C/CC/C=C/CCCCC. The van der Waals surface area contributed by atoms with Crippen molar-refractivity contribution in [2.45, 2.75) is 326 Å². The van der Waals surface area contributed by atoms with Gasteiger partial charge in [0.2, 0.25) is 5.91 Å². The van der Waals surface area contributed by atoms with Crippen molar-refractivity contribution >= 4 is 11.9 Å². The van der Waals surface area contributed by atoms with Gasteiger partial charge in [0, 0.05) is 12.8 Å². The van der Waals surface area contributed by atoms with Crippen molar-refractivity contribution in [3.8, 4) is 0 Å². The van der Waals surface area contributed by atoms with E-state index in [0.717, 1.165) is 64.2 Å². The van der Waals surface area contributed by atoms with Crippen LogP contribution in [-0.4, -0.2) is 100 Å². The predicted molar refractivity (Wildman–Crippen MR) is 320 cm³/mol. The summed E-state index contributed by atoms with van der Waals surface area (Å²) in [7, 11) is 0. The predicted octanol–water partition coefficient (Wildman–Crippen LogP) is 15.4. The quantitative estimate of drug-likeness (QED) is 0.0195. The van der Waals surface area contributed by atoms with Crippen LogP contribution in [-0.2, 0) is 23.8 Å². The van der Waals surface area contributed by atoms with Gasteiger partial charge in [0.05, 0.1) is 32.0 Å². The minimum atomic E-state index is -1.58. The summed E-state index contributed by atoms with van der Waals surface area (Å²) in [4.78, 5) is 25.0. The number of amides is 1. The van der Waals surface area contributed by atoms with Gasteiger partial charge in [-0.25, -0.2) is 0 Å². The molecule has 0 aromatic heterocycles. The van der Waals surface area contributed by atoms with Crippen LogP contribution in [0.25, 0.3) is 0 Å². The fraction of sp³-hybridized carbons (Fsp3) is 0.818. The van der Waals surface area contributed by atoms with E-state index in [4.69, 9.17) is 14.2 Å². The van der Waals surface area contributed by atoms with Gasteiger partial charge in [-0.15, -0.1) is 0 Å². The Hall–Kier alpha value is -2.64. The number of hydrogen-bond acceptors (Lipinski definition) is 10. The largest absolute Gasteiger partial charge is 0.466 e. The van der Waals surface area contributed by atoms with E-state index in [1.165, 1.54) is 193 Å². The first kappa shape index (κ1) is 72.4. The van der Waals surface area contributed by atoms with Crippen molar-refractivity contribution < 1.29 is 49.3 Å². The number of ether oxygens (including phenoxy) is 3. The third-order valence-corrected chi connectivity index (χ3v) is 14.8. The molecule has 77 heavy (non-hydrogen) atoms. The highest BCUT2D eigenvalue weighted by Crippen LogP contribution is 2.23. The van der Waals surface area contributed by atoms with Crippen LogP contribution in [0.4, 0.5) is 0 Å². The Kier molecular flexibility index (Phi) is 52.0. The number of aliphatic hydroxyl groups is 5. The van der Waals surface area contributed by atoms with Crippen molar-refractivity contribution in [2.24, 2.45) is 0 Å². The van der Waals surface area contributed by atoms with E-state index in [0.29, 0.717) is 19.4 Å². The molecule has 1 aliphatic rings. The summed E-state index contributed by atoms with van der Waals surface area (Å²) < 4.78 is 16.7. The Morgan fingerprint density at radius 3 is 1.40 bits per heavy atom. The number of carbonyl (C=O) groups is 2. The fourth-order valence-electron chi connectivity index (χ4n) is 9.70. The lowest BCUT2D eigenvalue weighted by Crippen LogP contribution is -2.60. The average molecular weight is 1090 g/mol. The van der Waals surface area contributed by atoms with E-state index >= 15 is 0 Å². The Labute approximate surface area is 471 Å². The van der Waals surface area contributed by atoms with E-state index in [2.05, 4.69) is 67.8 Å². The Morgan fingerprint density at radius 2 is 0.896 bits per heavy atom. The van der Waals surface area contributed by atoms with Gasteiger partial charge in [0.1, 0.15) is 24.4 Å². The number of allylic oxidation sites excluding steroid dienone is 9. The lowest BCUT2D eigenvalue weighted by atomic mass is 9.99. The Balaban J connectivity index is 1.97. The maximum atomic E-state index is 13.0. The standard InChI is InChI=1S/C66H119NO10/c1-3-5-7-9-11-13-14-15-31-34-38-42-46-50-54-62(71)75-55-51-47-43-39-35-32-29-27-25-23-21-19-17-16-18-20-22-24-26-28-30-33-37-41-45-49-53-61(70)67-58(59(69)52-48-44-40-36-12-10-8-6-4-2)57-76-66-65(74)64(73)63(72)60(56-68)77-66/h9,11-12,14-16,18,36,48,52,58-60,63-66,68-69,72-74H,3-8,10,13,17,19-35,37-47,49-51,53-57H2,1-2H3,(H,67,70)/b11-9-,15-14-,18-16-,36-12+,52-48+. The van der Waals surface area contributed by atoms with Gasteiger partial charge >= 0.3 is 5.97 Å². The molecule has 448 valence electrons. The highest BCUT2D eigenvalue weighted by atomic mass is 16.7. The zero-order valence-corrected chi connectivity index (χ0v) is 49.4. The maximum Gasteiger partial charge on any atom is 0.305 e. The van der Waals surface area contributed by atoms with Crippen molar-refractivity contribution in [3.05, 3.63) is 60.8 Å². The lowest BCUT2D eigenvalue weighted by molar-refractivity contribution is -0.302. The van der Waals surface area contributed by atoms with E-state index in [1.807, 2.05) is 6.08 Å². The molecule has 0 aromatic rings. The Bertz CT molecular complexity index is 1460. The number of rotatable bonds is 55. The van der Waals surface area contributed by atoms with E-state index in [1.54, 1.807) is 6.08 Å². The molecule has 1 saturated heterocycles. The molecule has 11 heteroatoms. The molecule has 7 atom stereocenters. The summed E-state index contributed by atoms with van der Waals surface area (Å²) in [6.07, 6.45) is 62.1. The van der Waals surface area contributed by atoms with Crippen LogP contribution in [0.5, 0.6) is 0 Å². The highest BCUT2D eigenvalue weighted by molar-refractivity contribution is 5.76. The van der Waals surface area contributed by atoms with Gasteiger partial charge in [-0.05, 0) is 96.3 Å². The van der Waals surface area contributed by atoms with Crippen LogP contribution in [0.2, 0.25) is 0 Å². The maximum absolute atomic E-state index is 13.0. The number of unbranched alkanes of at least 4 members (excludes halogenated alkanes) is 33. The van der Waals surface area contributed by atoms with Crippen LogP contribution in [0.15, 0.2) is 60.8 Å². The number of aliphatic hydroxyl groups excluding tert-OH is 5. The second kappa shape index (κ2) is 55.3. The summed E-state index contributed by atoms with van der Waals surface area (Å²) in [6, 6.07) is -0.828. The third kappa shape index (κ3) is 44.8. The molecule has 1 heterocycles. The van der Waals surface area contributed by atoms with Gasteiger partial charge in [0.15, 0.2) is 6.29 Å². The summed E-state index contributed by atoms with van der Waals surface area (Å²) >= 11 is 0. The molecule has 0 radical (unpaired) electrons. The number of nitrogens with one attached hydrogen (secondary N) is 1. The van der Waals surface area contributed by atoms with Crippen LogP contribution in [0, 0.1) is 0 Å². The second-order valence-corrected chi connectivity index (χ2v) is 22.1. The molecule has 0 aromatic carbocycles. The van der Waals surface area contributed by atoms with E-state index < -0.39 is 49.5 Å². The summed E-state index contributed by atoms with van der Waals surface area (Å²) in [5, 5.41) is 54.2. The lowest BCUT2D eigenvalue weighted by Gasteiger charge is -2.40. The van der Waals surface area contributed by atoms with Crippen LogP contribution in [0.3, 0.4) is 0 Å². The minimum Gasteiger partial charge on any atom is -0.466 e. The normalized spacial score (nSPS) is 19.0. The fourth-order valence-corrected chi connectivity index (χ4v) is 9.70. The third-order valence-electron chi connectivity index (χ3n) is 14.8. The van der Waals surface area contributed by atoms with Crippen LogP contribution < -0.4 is 5.32 Å². The molecule has 0 spiro atoms. The van der Waals surface area contributed by atoms with Gasteiger partial charge in [-0.2, -0.15) is 0 Å². The zero-order chi connectivity index (χ0) is 55.9. The topological polar surface area (TPSA) is 175 Å². The van der Waals surface area contributed by atoms with Gasteiger partial charge in [0.25, 0.3) is 0 Å². The molecule has 7 unspecified atom stereocenters. The minimum absolute atomic E-state index is 0.0114. The number of esters is 1. The van der Waals surface area contributed by atoms with Crippen molar-refractivity contribution in [3.63, 3.8) is 0 Å². The molecule has 1 fully saturated rings. The molecule has 0 saturated carbocycles. The van der Waals surface area contributed by atoms with E-state index in [-0.39, 0.29) is 18.5 Å². The molecule has 1 aliphatic heterocycles. The first-order chi connectivity index (χ1) is 37.7. The van der Waals surface area contributed by atoms with Crippen molar-refractivity contribution in [1.29, 1.82) is 0 Å². The van der Waals surface area contributed by atoms with Crippen LogP contribution in [0.1, 0.15) is 284 Å². The van der Waals surface area contributed by atoms with Gasteiger partial charge < -0.3 is 45.1 Å². The van der Waals surface area contributed by atoms with E-state index in [9.17, 15) is 35.1 Å². The van der Waals surface area contributed by atoms with Gasteiger partial charge in [-0.3, -0.25) is 9.59 Å². The zero-order valence-electron chi connectivity index (χ0n) is 49.4. The average Bonchev–Trinajstić information content (AvgIpc) is 3.43. The smallest absolute Gasteiger partial charge is 0.305 e. The molecule has 0 bridgehead atoms. The molecule has 6 N–H and O–H groups in total. The molecule has 0 aliphatic carbocycles. The van der Waals surface area contributed by atoms with Crippen molar-refractivity contribution in [1.82, 2.24) is 5.32 Å². The Morgan fingerprint density at radius 1 is 0.481 bits per heavy atom. The first-order valence-corrected chi connectivity index (χ1v) is 32.1. The summed E-state index contributed by atoms with van der Waals surface area (Å²) in [5.41, 5.74) is 0. The van der Waals surface area contributed by atoms with Crippen LogP contribution >= 0.6 is 0 Å². The number of hydrogen-bond donors (Lipinski definition) is 6. The second-order valence-electron chi connectivity index (χ2n) is 22.1.